The maximum absolute atomic E-state index is 15.2. The van der Waals surface area contributed by atoms with Crippen LogP contribution in [0.25, 0.3) is 0 Å². The van der Waals surface area contributed by atoms with E-state index >= 15 is 4.57 Å². The molecule has 0 radical (unpaired) electrons. The highest BCUT2D eigenvalue weighted by Gasteiger charge is 2.35. The molecule has 0 saturated heterocycles. The van der Waals surface area contributed by atoms with E-state index in [0.29, 0.717) is 0 Å². The van der Waals surface area contributed by atoms with Crippen molar-refractivity contribution in [2.75, 3.05) is 0 Å². The molecule has 5 rings (SSSR count). The monoisotopic (exact) mass is 477 g/mol. The van der Waals surface area contributed by atoms with Crippen molar-refractivity contribution in [1.29, 1.82) is 0 Å². The van der Waals surface area contributed by atoms with Crippen LogP contribution in [0.1, 0.15) is 0 Å². The van der Waals surface area contributed by atoms with Gasteiger partial charge in [0.05, 0.1) is 7.05 Å². The van der Waals surface area contributed by atoms with Crippen molar-refractivity contribution >= 4 is 40.9 Å². The molecule has 166 valence electrons. The normalized spacial score (nSPS) is 11.6. The van der Waals surface area contributed by atoms with E-state index in [-0.39, 0.29) is 0 Å². The topological polar surface area (TPSA) is 29.4 Å². The molecule has 5 aromatic carbocycles. The van der Waals surface area contributed by atoms with Crippen LogP contribution in [0, 0.1) is 0 Å². The van der Waals surface area contributed by atoms with Gasteiger partial charge in [0.15, 0.2) is 0 Å². The zero-order valence-electron chi connectivity index (χ0n) is 18.7. The summed E-state index contributed by atoms with van der Waals surface area (Å²) >= 11 is 0. The van der Waals surface area contributed by atoms with Crippen molar-refractivity contribution in [3.8, 4) is 0 Å². The fourth-order valence-corrected chi connectivity index (χ4v) is 12.0. The molecule has 0 amide bonds. The Morgan fingerprint density at radius 2 is 0.588 bits per heavy atom. The molecule has 0 aliphatic heterocycles. The Kier molecular flexibility index (Phi) is 6.45. The summed E-state index contributed by atoms with van der Waals surface area (Å²) in [4.78, 5) is 0. The highest BCUT2D eigenvalue weighted by molar-refractivity contribution is 7.93. The smallest absolute Gasteiger partial charge is 0.247 e. The second-order valence-electron chi connectivity index (χ2n) is 7.98. The summed E-state index contributed by atoms with van der Waals surface area (Å²) in [6, 6.07) is 50.4. The molecule has 2 nitrogen and oxygen atoms in total. The van der Waals surface area contributed by atoms with Crippen molar-refractivity contribution in [2.45, 2.75) is 0 Å². The molecule has 0 aromatic heterocycles. The van der Waals surface area contributed by atoms with E-state index in [9.17, 15) is 0 Å². The first-order valence-electron chi connectivity index (χ1n) is 11.3. The van der Waals surface area contributed by atoms with Gasteiger partial charge in [-0.15, -0.1) is 0 Å². The molecule has 0 saturated carbocycles. The predicted octanol–water partition coefficient (Wildman–Crippen LogP) is 6.09. The van der Waals surface area contributed by atoms with Crippen molar-refractivity contribution < 1.29 is 4.57 Å². The van der Waals surface area contributed by atoms with Gasteiger partial charge in [0.2, 0.25) is 7.29 Å². The maximum Gasteiger partial charge on any atom is 0.247 e. The largest absolute Gasteiger partial charge is 0.288 e. The lowest BCUT2D eigenvalue weighted by Crippen LogP contribution is -2.26. The van der Waals surface area contributed by atoms with Crippen LogP contribution in [-0.2, 0) is 4.57 Å². The van der Waals surface area contributed by atoms with Gasteiger partial charge < -0.3 is 0 Å². The summed E-state index contributed by atoms with van der Waals surface area (Å²) in [5.74, 6) is 0. The Hall–Kier alpha value is -3.44. The Labute approximate surface area is 201 Å². The minimum Gasteiger partial charge on any atom is -0.288 e. The first-order chi connectivity index (χ1) is 16.7. The van der Waals surface area contributed by atoms with E-state index in [1.54, 1.807) is 0 Å². The average molecular weight is 477 g/mol. The number of hydrogen-bond donors (Lipinski definition) is 0. The first kappa shape index (κ1) is 22.4. The Morgan fingerprint density at radius 1 is 0.353 bits per heavy atom. The third-order valence-corrected chi connectivity index (χ3v) is 13.1. The van der Waals surface area contributed by atoms with E-state index in [0.717, 1.165) is 26.5 Å². The Balaban J connectivity index is 1.97. The fourth-order valence-electron chi connectivity index (χ4n) is 4.23. The number of rotatable bonds is 6. The van der Waals surface area contributed by atoms with Gasteiger partial charge in [-0.2, -0.15) is 0 Å². The minimum absolute atomic E-state index is 0.744. The second kappa shape index (κ2) is 9.82. The molecule has 0 aliphatic carbocycles. The molecular weight excluding hydrogens is 452 g/mol. The van der Waals surface area contributed by atoms with E-state index < -0.39 is 14.3 Å². The SMILES string of the molecule is O=P(N=P(c1ccccc1)(c1ccccc1)c1ccccc1)(c1ccccc1)c1ccccc1. The number of nitrogens with zero attached hydrogens (tertiary/aromatic N) is 1. The van der Waals surface area contributed by atoms with Crippen LogP contribution in [0.2, 0.25) is 0 Å². The van der Waals surface area contributed by atoms with Gasteiger partial charge in [-0.3, -0.25) is 4.57 Å². The lowest BCUT2D eigenvalue weighted by Gasteiger charge is -2.29. The van der Waals surface area contributed by atoms with Crippen LogP contribution in [-0.4, -0.2) is 0 Å². The molecule has 4 heteroatoms. The summed E-state index contributed by atoms with van der Waals surface area (Å²) in [6.07, 6.45) is 0. The van der Waals surface area contributed by atoms with Crippen LogP contribution in [0.3, 0.4) is 0 Å². The Bertz CT molecular complexity index is 1310. The second-order valence-corrected chi connectivity index (χ2v) is 13.7. The van der Waals surface area contributed by atoms with Crippen molar-refractivity contribution in [1.82, 2.24) is 0 Å². The number of benzene rings is 5. The van der Waals surface area contributed by atoms with E-state index in [2.05, 4.69) is 36.4 Å². The van der Waals surface area contributed by atoms with Gasteiger partial charge in [0.25, 0.3) is 0 Å². The maximum atomic E-state index is 15.2. The third kappa shape index (κ3) is 4.12. The highest BCUT2D eigenvalue weighted by atomic mass is 31.2. The molecule has 0 aliphatic rings. The van der Waals surface area contributed by atoms with Gasteiger partial charge in [0, 0.05) is 26.5 Å². The Morgan fingerprint density at radius 3 is 0.853 bits per heavy atom. The summed E-state index contributed by atoms with van der Waals surface area (Å²) in [7, 11) is -6.01. The van der Waals surface area contributed by atoms with Crippen molar-refractivity contribution in [2.24, 2.45) is 4.52 Å². The zero-order chi connectivity index (χ0) is 23.3. The lowest BCUT2D eigenvalue weighted by atomic mass is 10.4. The molecule has 0 unspecified atom stereocenters. The zero-order valence-corrected chi connectivity index (χ0v) is 20.5. The van der Waals surface area contributed by atoms with Crippen LogP contribution in [0.5, 0.6) is 0 Å². The van der Waals surface area contributed by atoms with E-state index in [4.69, 9.17) is 4.52 Å². The van der Waals surface area contributed by atoms with E-state index in [1.807, 2.05) is 115 Å². The molecule has 34 heavy (non-hydrogen) atoms. The molecule has 0 N–H and O–H groups in total. The van der Waals surface area contributed by atoms with Gasteiger partial charge in [-0.1, -0.05) is 127 Å². The van der Waals surface area contributed by atoms with Crippen LogP contribution in [0.4, 0.5) is 0 Å². The molecule has 0 atom stereocenters. The van der Waals surface area contributed by atoms with Gasteiger partial charge in [-0.05, 0) is 24.3 Å². The molecule has 0 fully saturated rings. The minimum atomic E-state index is -3.37. The van der Waals surface area contributed by atoms with Gasteiger partial charge in [0.1, 0.15) is 0 Å². The predicted molar refractivity (Wildman–Crippen MR) is 147 cm³/mol. The summed E-state index contributed by atoms with van der Waals surface area (Å²) in [6.45, 7) is 0. The first-order valence-corrected chi connectivity index (χ1v) is 14.7. The fraction of sp³-hybridized carbons (Fsp3) is 0. The number of hydrogen-bond acceptors (Lipinski definition) is 1. The van der Waals surface area contributed by atoms with Crippen molar-refractivity contribution in [3.63, 3.8) is 0 Å². The van der Waals surface area contributed by atoms with Gasteiger partial charge >= 0.3 is 0 Å². The van der Waals surface area contributed by atoms with Crippen LogP contribution < -0.4 is 26.5 Å². The van der Waals surface area contributed by atoms with E-state index in [1.165, 1.54) is 0 Å². The molecule has 5 aromatic rings. The summed E-state index contributed by atoms with van der Waals surface area (Å²) in [5.41, 5.74) is 0. The third-order valence-electron chi connectivity index (χ3n) is 5.86. The average Bonchev–Trinajstić information content (AvgIpc) is 2.94. The van der Waals surface area contributed by atoms with Crippen molar-refractivity contribution in [3.05, 3.63) is 152 Å². The quantitative estimate of drug-likeness (QED) is 0.272. The molecular formula is C30H25NOP2. The lowest BCUT2D eigenvalue weighted by molar-refractivity contribution is 0.588. The van der Waals surface area contributed by atoms with Crippen LogP contribution in [0.15, 0.2) is 156 Å². The molecule has 0 heterocycles. The summed E-state index contributed by atoms with van der Waals surface area (Å²) < 4.78 is 20.8. The molecule has 0 spiro atoms. The van der Waals surface area contributed by atoms with Crippen LogP contribution >= 0.6 is 14.3 Å². The molecule has 0 bridgehead atoms. The highest BCUT2D eigenvalue weighted by Crippen LogP contribution is 2.59. The standard InChI is InChI=1S/C30H25NOP2/c32-34(29-22-12-4-13-23-29,30-24-14-5-15-25-30)31-33(26-16-6-1-7-17-26,27-18-8-2-9-19-27)28-20-10-3-11-21-28/h1-25H. The summed E-state index contributed by atoms with van der Waals surface area (Å²) in [5, 5.41) is 4.74. The van der Waals surface area contributed by atoms with Gasteiger partial charge in [-0.25, -0.2) is 4.52 Å².